The van der Waals surface area contributed by atoms with Crippen LogP contribution in [0.3, 0.4) is 0 Å². The quantitative estimate of drug-likeness (QED) is 0.387. The molecule has 0 bridgehead atoms. The lowest BCUT2D eigenvalue weighted by molar-refractivity contribution is -0.388. The fourth-order valence-corrected chi connectivity index (χ4v) is 3.37. The largest absolute Gasteiger partial charge is 0.309 e. The van der Waals surface area contributed by atoms with Crippen LogP contribution in [0.4, 0.5) is 10.1 Å². The first-order valence-corrected chi connectivity index (χ1v) is 7.08. The molecular weight excluding hydrogens is 287 g/mol. The third-order valence-electron chi connectivity index (χ3n) is 2.64. The van der Waals surface area contributed by atoms with Crippen LogP contribution in [0.2, 0.25) is 0 Å². The van der Waals surface area contributed by atoms with Gasteiger partial charge in [0.1, 0.15) is 0 Å². The molecule has 0 amide bonds. The zero-order valence-corrected chi connectivity index (χ0v) is 11.8. The molecule has 0 spiro atoms. The maximum Gasteiger partial charge on any atom is 0.309 e. The number of nitro benzene ring substituents is 1. The third kappa shape index (κ3) is 3.12. The Morgan fingerprint density at radius 2 is 2.10 bits per heavy atom. The van der Waals surface area contributed by atoms with Gasteiger partial charge in [-0.2, -0.15) is 4.39 Å². The summed E-state index contributed by atoms with van der Waals surface area (Å²) in [5.41, 5.74) is -0.979. The first-order chi connectivity index (χ1) is 9.22. The van der Waals surface area contributed by atoms with Crippen LogP contribution in [0, 0.1) is 42.1 Å². The van der Waals surface area contributed by atoms with Crippen molar-refractivity contribution in [1.82, 2.24) is 4.72 Å². The molecule has 0 saturated heterocycles. The van der Waals surface area contributed by atoms with Crippen LogP contribution in [0.1, 0.15) is 17.5 Å². The Hall–Kier alpha value is -1.98. The highest BCUT2D eigenvalue weighted by atomic mass is 32.2. The molecule has 8 heteroatoms. The van der Waals surface area contributed by atoms with E-state index in [1.54, 1.807) is 0 Å². The van der Waals surface area contributed by atoms with Crippen LogP contribution in [0.5, 0.6) is 0 Å². The molecule has 1 rings (SSSR count). The summed E-state index contributed by atoms with van der Waals surface area (Å²) in [5, 5.41) is 10.8. The van der Waals surface area contributed by atoms with E-state index >= 15 is 0 Å². The van der Waals surface area contributed by atoms with Gasteiger partial charge in [0.25, 0.3) is 0 Å². The van der Waals surface area contributed by atoms with Crippen LogP contribution < -0.4 is 4.72 Å². The van der Waals surface area contributed by atoms with Gasteiger partial charge in [-0.3, -0.25) is 10.1 Å². The predicted octanol–water partition coefficient (Wildman–Crippen LogP) is 1.65. The Kier molecular flexibility index (Phi) is 4.81. The van der Waals surface area contributed by atoms with Crippen molar-refractivity contribution < 1.29 is 17.7 Å². The number of terminal acetylenes is 1. The second kappa shape index (κ2) is 5.98. The van der Waals surface area contributed by atoms with Crippen LogP contribution in [0.15, 0.2) is 11.0 Å². The highest BCUT2D eigenvalue weighted by Gasteiger charge is 2.28. The molecule has 0 heterocycles. The highest BCUT2D eigenvalue weighted by molar-refractivity contribution is 7.89. The molecule has 0 aliphatic rings. The number of nitrogens with one attached hydrogen (secondary N) is 1. The summed E-state index contributed by atoms with van der Waals surface area (Å²) in [5.74, 6) is 1.20. The molecule has 0 radical (unpaired) electrons. The van der Waals surface area contributed by atoms with Crippen molar-refractivity contribution in [3.63, 3.8) is 0 Å². The van der Waals surface area contributed by atoms with Gasteiger partial charge in [0.15, 0.2) is 0 Å². The number of hydrogen-bond donors (Lipinski definition) is 1. The summed E-state index contributed by atoms with van der Waals surface area (Å²) in [4.78, 5) is 9.59. The Morgan fingerprint density at radius 1 is 1.50 bits per heavy atom. The second-order valence-corrected chi connectivity index (χ2v) is 5.79. The van der Waals surface area contributed by atoms with Crippen LogP contribution in [-0.4, -0.2) is 19.9 Å². The zero-order chi connectivity index (χ0) is 15.5. The number of sulfonamides is 1. The summed E-state index contributed by atoms with van der Waals surface area (Å²) < 4.78 is 40.0. The number of benzene rings is 1. The van der Waals surface area contributed by atoms with Crippen molar-refractivity contribution in [2.24, 2.45) is 0 Å². The SMILES string of the molecule is C#CCCNS(=O)(=O)c1c(C)cc(F)c([N+](=O)[O-])c1C. The summed E-state index contributed by atoms with van der Waals surface area (Å²) in [7, 11) is -3.98. The van der Waals surface area contributed by atoms with Crippen molar-refractivity contribution in [1.29, 1.82) is 0 Å². The van der Waals surface area contributed by atoms with E-state index in [2.05, 4.69) is 10.6 Å². The number of nitrogens with zero attached hydrogens (tertiary/aromatic N) is 1. The minimum Gasteiger partial charge on any atom is -0.258 e. The van der Waals surface area contributed by atoms with E-state index in [4.69, 9.17) is 6.42 Å². The molecule has 0 unspecified atom stereocenters. The summed E-state index contributed by atoms with van der Waals surface area (Å²) >= 11 is 0. The predicted molar refractivity (Wildman–Crippen MR) is 71.2 cm³/mol. The number of aryl methyl sites for hydroxylation is 1. The first kappa shape index (κ1) is 16.1. The lowest BCUT2D eigenvalue weighted by Gasteiger charge is -2.12. The maximum atomic E-state index is 13.6. The minimum absolute atomic E-state index is 0.00286. The molecule has 1 N–H and O–H groups in total. The molecule has 0 atom stereocenters. The molecule has 6 nitrogen and oxygen atoms in total. The first-order valence-electron chi connectivity index (χ1n) is 5.59. The van der Waals surface area contributed by atoms with Gasteiger partial charge >= 0.3 is 5.69 Å². The lowest BCUT2D eigenvalue weighted by Crippen LogP contribution is -2.26. The van der Waals surface area contributed by atoms with Gasteiger partial charge in [0.05, 0.1) is 15.4 Å². The Morgan fingerprint density at radius 3 is 2.60 bits per heavy atom. The number of rotatable bonds is 5. The molecule has 0 aromatic heterocycles. The monoisotopic (exact) mass is 300 g/mol. The zero-order valence-electron chi connectivity index (χ0n) is 10.9. The Labute approximate surface area is 116 Å². The molecule has 108 valence electrons. The normalized spacial score (nSPS) is 11.1. The average molecular weight is 300 g/mol. The van der Waals surface area contributed by atoms with Gasteiger partial charge in [-0.15, -0.1) is 12.3 Å². The van der Waals surface area contributed by atoms with E-state index in [0.717, 1.165) is 6.07 Å². The van der Waals surface area contributed by atoms with E-state index in [9.17, 15) is 22.9 Å². The smallest absolute Gasteiger partial charge is 0.258 e. The van der Waals surface area contributed by atoms with Crippen LogP contribution in [0.25, 0.3) is 0 Å². The van der Waals surface area contributed by atoms with Crippen LogP contribution in [-0.2, 0) is 10.0 Å². The maximum absolute atomic E-state index is 13.6. The van der Waals surface area contributed by atoms with Crippen molar-refractivity contribution in [2.75, 3.05) is 6.54 Å². The highest BCUT2D eigenvalue weighted by Crippen LogP contribution is 2.30. The van der Waals surface area contributed by atoms with E-state index in [1.807, 2.05) is 0 Å². The Bertz CT molecular complexity index is 692. The molecule has 1 aromatic rings. The summed E-state index contributed by atoms with van der Waals surface area (Å²) in [6, 6.07) is 0.834. The minimum atomic E-state index is -3.98. The molecule has 20 heavy (non-hydrogen) atoms. The molecule has 0 aliphatic heterocycles. The third-order valence-corrected chi connectivity index (χ3v) is 4.39. The number of nitro groups is 1. The Balaban J connectivity index is 3.43. The van der Waals surface area contributed by atoms with Gasteiger partial charge in [0.2, 0.25) is 15.8 Å². The van der Waals surface area contributed by atoms with Crippen molar-refractivity contribution >= 4 is 15.7 Å². The van der Waals surface area contributed by atoms with Gasteiger partial charge in [-0.25, -0.2) is 13.1 Å². The van der Waals surface area contributed by atoms with Gasteiger partial charge in [0, 0.05) is 13.0 Å². The molecule has 0 aliphatic carbocycles. The molecule has 1 aromatic carbocycles. The van der Waals surface area contributed by atoms with E-state index in [-0.39, 0.29) is 29.0 Å². The van der Waals surface area contributed by atoms with Crippen molar-refractivity contribution in [3.8, 4) is 12.3 Å². The van der Waals surface area contributed by atoms with Crippen LogP contribution >= 0.6 is 0 Å². The summed E-state index contributed by atoms with van der Waals surface area (Å²) in [6.45, 7) is 2.57. The van der Waals surface area contributed by atoms with E-state index < -0.39 is 26.5 Å². The molecule has 0 saturated carbocycles. The molecule has 0 fully saturated rings. The van der Waals surface area contributed by atoms with E-state index in [0.29, 0.717) is 0 Å². The van der Waals surface area contributed by atoms with Gasteiger partial charge < -0.3 is 0 Å². The fourth-order valence-electron chi connectivity index (χ4n) is 1.87. The molecular formula is C12H13FN2O4S. The van der Waals surface area contributed by atoms with Gasteiger partial charge in [-0.05, 0) is 25.5 Å². The topological polar surface area (TPSA) is 89.3 Å². The standard InChI is InChI=1S/C12H13FN2O4S/c1-4-5-6-14-20(18,19)12-8(2)7-10(13)11(9(12)3)15(16)17/h1,7,14H,5-6H2,2-3H3. The van der Waals surface area contributed by atoms with Crippen molar-refractivity contribution in [3.05, 3.63) is 33.1 Å². The van der Waals surface area contributed by atoms with E-state index in [1.165, 1.54) is 13.8 Å². The van der Waals surface area contributed by atoms with Gasteiger partial charge in [-0.1, -0.05) is 0 Å². The average Bonchev–Trinajstić information content (AvgIpc) is 2.26. The number of halogens is 1. The lowest BCUT2D eigenvalue weighted by atomic mass is 10.1. The number of hydrogen-bond acceptors (Lipinski definition) is 4. The second-order valence-electron chi connectivity index (χ2n) is 4.09. The van der Waals surface area contributed by atoms with Crippen molar-refractivity contribution in [2.45, 2.75) is 25.2 Å². The fraction of sp³-hybridized carbons (Fsp3) is 0.333. The summed E-state index contributed by atoms with van der Waals surface area (Å²) in [6.07, 6.45) is 5.20.